The third kappa shape index (κ3) is 7.23. The molecule has 27 heavy (non-hydrogen) atoms. The molecule has 0 aromatic carbocycles. The fraction of sp³-hybridized carbons (Fsp3) is 0.789. The number of aromatic nitrogens is 1. The second kappa shape index (κ2) is 12.6. The van der Waals surface area contributed by atoms with Gasteiger partial charge in [-0.15, -0.1) is 24.0 Å². The van der Waals surface area contributed by atoms with Crippen LogP contribution in [0.5, 0.6) is 0 Å². The number of guanidine groups is 1. The number of nitrogens with zero attached hydrogens (tertiary/aromatic N) is 2. The molecule has 1 aliphatic heterocycles. The van der Waals surface area contributed by atoms with Crippen LogP contribution in [0.3, 0.4) is 0 Å². The van der Waals surface area contributed by atoms with Crippen LogP contribution in [0.25, 0.3) is 0 Å². The molecule has 8 heteroatoms. The lowest BCUT2D eigenvalue weighted by molar-refractivity contribution is 0.127. The number of ether oxygens (including phenoxy) is 1. The number of hydrogen-bond donors (Lipinski definition) is 3. The van der Waals surface area contributed by atoms with Crippen LogP contribution in [-0.2, 0) is 11.3 Å². The van der Waals surface area contributed by atoms with Gasteiger partial charge in [0.1, 0.15) is 6.54 Å². The van der Waals surface area contributed by atoms with E-state index in [9.17, 15) is 5.11 Å². The minimum atomic E-state index is -0.0141. The highest BCUT2D eigenvalue weighted by atomic mass is 127. The minimum Gasteiger partial charge on any atom is -0.396 e. The number of halogens is 1. The Morgan fingerprint density at radius 2 is 2.11 bits per heavy atom. The summed E-state index contributed by atoms with van der Waals surface area (Å²) in [5.74, 6) is 1.97. The van der Waals surface area contributed by atoms with Gasteiger partial charge in [0.2, 0.25) is 0 Å². The lowest BCUT2D eigenvalue weighted by Crippen LogP contribution is -2.44. The molecule has 0 radical (unpaired) electrons. The largest absolute Gasteiger partial charge is 0.396 e. The first kappa shape index (κ1) is 24.2. The van der Waals surface area contributed by atoms with Crippen LogP contribution in [0.15, 0.2) is 15.6 Å². The van der Waals surface area contributed by atoms with Crippen molar-refractivity contribution in [3.05, 3.63) is 17.5 Å². The first-order valence-corrected chi connectivity index (χ1v) is 9.82. The summed E-state index contributed by atoms with van der Waals surface area (Å²) in [6, 6.07) is 2.02. The van der Waals surface area contributed by atoms with Crippen molar-refractivity contribution < 1.29 is 14.4 Å². The predicted molar refractivity (Wildman–Crippen MR) is 118 cm³/mol. The summed E-state index contributed by atoms with van der Waals surface area (Å²) < 4.78 is 11.0. The Labute approximate surface area is 179 Å². The predicted octanol–water partition coefficient (Wildman–Crippen LogP) is 3.04. The van der Waals surface area contributed by atoms with Gasteiger partial charge < -0.3 is 25.0 Å². The lowest BCUT2D eigenvalue weighted by Gasteiger charge is -2.27. The average Bonchev–Trinajstić information content (AvgIpc) is 3.29. The first-order valence-electron chi connectivity index (χ1n) is 9.82. The fourth-order valence-electron chi connectivity index (χ4n) is 3.38. The Kier molecular flexibility index (Phi) is 11.2. The first-order chi connectivity index (χ1) is 12.7. The van der Waals surface area contributed by atoms with Crippen molar-refractivity contribution in [2.45, 2.75) is 58.9 Å². The SMILES string of the molecule is CCNC(=NCc1cc(C(CC)CC)no1)NCC1(CCO)CCOC1.I. The molecule has 0 spiro atoms. The van der Waals surface area contributed by atoms with Gasteiger partial charge in [0.15, 0.2) is 11.7 Å². The molecule has 0 aliphatic carbocycles. The Balaban J connectivity index is 0.00000364. The molecule has 0 bridgehead atoms. The monoisotopic (exact) mass is 494 g/mol. The molecule has 156 valence electrons. The molecule has 2 heterocycles. The van der Waals surface area contributed by atoms with Crippen LogP contribution in [-0.4, -0.2) is 49.1 Å². The van der Waals surface area contributed by atoms with Gasteiger partial charge in [0.25, 0.3) is 0 Å². The molecule has 1 atom stereocenters. The Hall–Kier alpha value is -0.870. The number of rotatable bonds is 10. The third-order valence-electron chi connectivity index (χ3n) is 5.18. The van der Waals surface area contributed by atoms with Gasteiger partial charge >= 0.3 is 0 Å². The van der Waals surface area contributed by atoms with Crippen LogP contribution in [0.4, 0.5) is 0 Å². The maximum absolute atomic E-state index is 9.35. The summed E-state index contributed by atoms with van der Waals surface area (Å²) >= 11 is 0. The average molecular weight is 494 g/mol. The van der Waals surface area contributed by atoms with Gasteiger partial charge in [-0.25, -0.2) is 4.99 Å². The highest BCUT2D eigenvalue weighted by Gasteiger charge is 2.34. The van der Waals surface area contributed by atoms with Crippen molar-refractivity contribution in [3.8, 4) is 0 Å². The van der Waals surface area contributed by atoms with E-state index in [-0.39, 0.29) is 36.0 Å². The molecule has 3 N–H and O–H groups in total. The maximum Gasteiger partial charge on any atom is 0.191 e. The molecule has 2 rings (SSSR count). The van der Waals surface area contributed by atoms with Crippen LogP contribution >= 0.6 is 24.0 Å². The van der Waals surface area contributed by atoms with E-state index in [2.05, 4.69) is 34.6 Å². The zero-order chi connectivity index (χ0) is 18.8. The molecule has 7 nitrogen and oxygen atoms in total. The van der Waals surface area contributed by atoms with Gasteiger partial charge in [-0.05, 0) is 32.6 Å². The molecular formula is C19H35IN4O3. The van der Waals surface area contributed by atoms with E-state index < -0.39 is 0 Å². The van der Waals surface area contributed by atoms with Crippen molar-refractivity contribution in [2.24, 2.45) is 10.4 Å². The number of hydrogen-bond acceptors (Lipinski definition) is 5. The summed E-state index contributed by atoms with van der Waals surface area (Å²) in [6.45, 7) is 9.96. The molecule has 1 aliphatic rings. The van der Waals surface area contributed by atoms with Gasteiger partial charge in [-0.1, -0.05) is 19.0 Å². The van der Waals surface area contributed by atoms with E-state index in [4.69, 9.17) is 9.26 Å². The van der Waals surface area contributed by atoms with Crippen molar-refractivity contribution >= 4 is 29.9 Å². The Morgan fingerprint density at radius 3 is 2.70 bits per heavy atom. The van der Waals surface area contributed by atoms with Crippen molar-refractivity contribution in [2.75, 3.05) is 32.9 Å². The second-order valence-electron chi connectivity index (χ2n) is 7.06. The molecule has 1 unspecified atom stereocenters. The highest BCUT2D eigenvalue weighted by Crippen LogP contribution is 2.31. The fourth-order valence-corrected chi connectivity index (χ4v) is 3.38. The van der Waals surface area contributed by atoms with Crippen LogP contribution in [0, 0.1) is 5.41 Å². The Morgan fingerprint density at radius 1 is 1.33 bits per heavy atom. The molecule has 1 aromatic heterocycles. The Bertz CT molecular complexity index is 555. The molecule has 0 saturated carbocycles. The maximum atomic E-state index is 9.35. The van der Waals surface area contributed by atoms with Gasteiger partial charge in [-0.2, -0.15) is 0 Å². The summed E-state index contributed by atoms with van der Waals surface area (Å²) in [6.07, 6.45) is 3.82. The smallest absolute Gasteiger partial charge is 0.191 e. The van der Waals surface area contributed by atoms with E-state index >= 15 is 0 Å². The van der Waals surface area contributed by atoms with E-state index in [0.717, 1.165) is 62.8 Å². The molecule has 1 saturated heterocycles. The zero-order valence-electron chi connectivity index (χ0n) is 16.8. The number of nitrogens with one attached hydrogen (secondary N) is 2. The van der Waals surface area contributed by atoms with Crippen LogP contribution in [0.1, 0.15) is 63.8 Å². The van der Waals surface area contributed by atoms with Crippen LogP contribution < -0.4 is 10.6 Å². The summed E-state index contributed by atoms with van der Waals surface area (Å²) in [5.41, 5.74) is 1.00. The van der Waals surface area contributed by atoms with Crippen molar-refractivity contribution in [3.63, 3.8) is 0 Å². The van der Waals surface area contributed by atoms with E-state index in [0.29, 0.717) is 19.1 Å². The van der Waals surface area contributed by atoms with Gasteiger partial charge in [-0.3, -0.25) is 0 Å². The standard InChI is InChI=1S/C19H34N4O3.HI/c1-4-15(5-2)17-11-16(26-23-17)12-21-18(20-6-3)22-13-19(7-9-24)8-10-25-14-19;/h11,15,24H,4-10,12-14H2,1-3H3,(H2,20,21,22);1H. The topological polar surface area (TPSA) is 91.9 Å². The molecule has 1 fully saturated rings. The van der Waals surface area contributed by atoms with Crippen molar-refractivity contribution in [1.82, 2.24) is 15.8 Å². The molecular weight excluding hydrogens is 459 g/mol. The number of aliphatic hydroxyl groups excluding tert-OH is 1. The molecule has 1 aromatic rings. The second-order valence-corrected chi connectivity index (χ2v) is 7.06. The van der Waals surface area contributed by atoms with Gasteiger partial charge in [0, 0.05) is 43.7 Å². The highest BCUT2D eigenvalue weighted by molar-refractivity contribution is 14.0. The summed E-state index contributed by atoms with van der Waals surface area (Å²) in [5, 5.41) is 20.2. The van der Waals surface area contributed by atoms with E-state index in [1.807, 2.05) is 13.0 Å². The molecule has 0 amide bonds. The van der Waals surface area contributed by atoms with Crippen molar-refractivity contribution in [1.29, 1.82) is 0 Å². The van der Waals surface area contributed by atoms with Crippen LogP contribution in [0.2, 0.25) is 0 Å². The zero-order valence-corrected chi connectivity index (χ0v) is 19.1. The third-order valence-corrected chi connectivity index (χ3v) is 5.18. The minimum absolute atomic E-state index is 0. The van der Waals surface area contributed by atoms with E-state index in [1.165, 1.54) is 0 Å². The van der Waals surface area contributed by atoms with E-state index in [1.54, 1.807) is 0 Å². The summed E-state index contributed by atoms with van der Waals surface area (Å²) in [4.78, 5) is 4.62. The van der Waals surface area contributed by atoms with Gasteiger partial charge in [0.05, 0.1) is 12.3 Å². The normalized spacial score (nSPS) is 20.0. The lowest BCUT2D eigenvalue weighted by atomic mass is 9.84. The quantitative estimate of drug-likeness (QED) is 0.263. The summed E-state index contributed by atoms with van der Waals surface area (Å²) in [7, 11) is 0. The number of aliphatic imine (C=N–C) groups is 1. The number of aliphatic hydroxyl groups is 1.